The fraction of sp³-hybridized carbons (Fsp3) is 0.417. The van der Waals surface area contributed by atoms with E-state index in [-0.39, 0.29) is 5.91 Å². The van der Waals surface area contributed by atoms with Crippen LogP contribution in [0.2, 0.25) is 0 Å². The first-order valence-electron chi connectivity index (χ1n) is 5.62. The average molecular weight is 237 g/mol. The van der Waals surface area contributed by atoms with Crippen LogP contribution in [0.1, 0.15) is 13.3 Å². The van der Waals surface area contributed by atoms with Crippen molar-refractivity contribution in [1.29, 1.82) is 0 Å². The van der Waals surface area contributed by atoms with E-state index in [0.29, 0.717) is 30.9 Å². The Labute approximate surface area is 101 Å². The van der Waals surface area contributed by atoms with Crippen LogP contribution in [0.4, 0.5) is 11.4 Å². The first-order chi connectivity index (χ1) is 8.19. The van der Waals surface area contributed by atoms with Gasteiger partial charge in [0.25, 0.3) is 0 Å². The van der Waals surface area contributed by atoms with Crippen molar-refractivity contribution in [3.63, 3.8) is 0 Å². The van der Waals surface area contributed by atoms with Gasteiger partial charge in [0, 0.05) is 19.5 Å². The van der Waals surface area contributed by atoms with Crippen LogP contribution in [0.25, 0.3) is 0 Å². The first kappa shape index (κ1) is 13.2. The van der Waals surface area contributed by atoms with Crippen LogP contribution in [0.15, 0.2) is 18.2 Å². The van der Waals surface area contributed by atoms with E-state index in [2.05, 4.69) is 10.6 Å². The lowest BCUT2D eigenvalue weighted by atomic mass is 10.2. The molecule has 0 aromatic heterocycles. The molecule has 0 saturated heterocycles. The van der Waals surface area contributed by atoms with Gasteiger partial charge < -0.3 is 21.1 Å². The Morgan fingerprint density at radius 3 is 2.88 bits per heavy atom. The van der Waals surface area contributed by atoms with E-state index in [1.54, 1.807) is 13.2 Å². The number of ether oxygens (including phenoxy) is 1. The summed E-state index contributed by atoms with van der Waals surface area (Å²) in [5.41, 5.74) is 7.23. The van der Waals surface area contributed by atoms with Crippen molar-refractivity contribution in [3.8, 4) is 5.75 Å². The van der Waals surface area contributed by atoms with Gasteiger partial charge in [0.1, 0.15) is 5.75 Å². The third-order valence-electron chi connectivity index (χ3n) is 2.33. The molecule has 5 nitrogen and oxygen atoms in total. The van der Waals surface area contributed by atoms with Gasteiger partial charge in [0.05, 0.1) is 18.5 Å². The summed E-state index contributed by atoms with van der Waals surface area (Å²) in [4.78, 5) is 11.2. The lowest BCUT2D eigenvalue weighted by Gasteiger charge is -2.11. The Morgan fingerprint density at radius 2 is 2.24 bits per heavy atom. The predicted octanol–water partition coefficient (Wildman–Crippen LogP) is 1.22. The van der Waals surface area contributed by atoms with E-state index < -0.39 is 0 Å². The number of rotatable bonds is 6. The zero-order chi connectivity index (χ0) is 12.7. The fourth-order valence-electron chi connectivity index (χ4n) is 1.47. The number of amides is 1. The van der Waals surface area contributed by atoms with E-state index in [1.807, 2.05) is 19.1 Å². The number of para-hydroxylation sites is 1. The van der Waals surface area contributed by atoms with Gasteiger partial charge in [-0.25, -0.2) is 0 Å². The normalized spacial score (nSPS) is 9.76. The molecule has 0 fully saturated rings. The van der Waals surface area contributed by atoms with Crippen LogP contribution in [0.5, 0.6) is 5.75 Å². The molecular weight excluding hydrogens is 218 g/mol. The van der Waals surface area contributed by atoms with Crippen LogP contribution in [-0.4, -0.2) is 26.1 Å². The van der Waals surface area contributed by atoms with Crippen LogP contribution >= 0.6 is 0 Å². The highest BCUT2D eigenvalue weighted by Crippen LogP contribution is 2.28. The molecular formula is C12H19N3O2. The highest BCUT2D eigenvalue weighted by molar-refractivity contribution is 5.77. The molecule has 0 aliphatic rings. The maximum atomic E-state index is 11.2. The first-order valence-corrected chi connectivity index (χ1v) is 5.62. The number of hydrogen-bond donors (Lipinski definition) is 3. The minimum Gasteiger partial charge on any atom is -0.495 e. The van der Waals surface area contributed by atoms with Gasteiger partial charge in [-0.05, 0) is 19.1 Å². The monoisotopic (exact) mass is 237 g/mol. The Bertz CT molecular complexity index is 380. The summed E-state index contributed by atoms with van der Waals surface area (Å²) >= 11 is 0. The summed E-state index contributed by atoms with van der Waals surface area (Å²) in [6, 6.07) is 5.50. The molecule has 1 aromatic carbocycles. The smallest absolute Gasteiger partial charge is 0.221 e. The van der Waals surface area contributed by atoms with Gasteiger partial charge in [0.2, 0.25) is 5.91 Å². The van der Waals surface area contributed by atoms with Crippen molar-refractivity contribution in [1.82, 2.24) is 5.32 Å². The highest BCUT2D eigenvalue weighted by Gasteiger charge is 2.05. The molecule has 5 heteroatoms. The number of nitrogens with one attached hydrogen (secondary N) is 2. The zero-order valence-corrected chi connectivity index (χ0v) is 10.2. The number of nitrogen functional groups attached to an aromatic ring is 1. The summed E-state index contributed by atoms with van der Waals surface area (Å²) in [5, 5.41) is 5.85. The summed E-state index contributed by atoms with van der Waals surface area (Å²) in [5.74, 6) is 0.662. The van der Waals surface area contributed by atoms with Gasteiger partial charge in [-0.2, -0.15) is 0 Å². The van der Waals surface area contributed by atoms with Gasteiger partial charge in [0.15, 0.2) is 0 Å². The SMILES string of the molecule is CCNC(=O)CCNc1cccc(OC)c1N. The predicted molar refractivity (Wildman–Crippen MR) is 69.2 cm³/mol. The number of methoxy groups -OCH3 is 1. The van der Waals surface area contributed by atoms with E-state index in [9.17, 15) is 4.79 Å². The maximum Gasteiger partial charge on any atom is 0.221 e. The number of carbonyl (C=O) groups excluding carboxylic acids is 1. The molecule has 4 N–H and O–H groups in total. The lowest BCUT2D eigenvalue weighted by Crippen LogP contribution is -2.24. The molecule has 1 amide bonds. The number of anilines is 2. The minimum atomic E-state index is 0.0291. The van der Waals surface area contributed by atoms with Crippen LogP contribution in [0.3, 0.4) is 0 Å². The molecule has 1 rings (SSSR count). The molecule has 0 aliphatic carbocycles. The van der Waals surface area contributed by atoms with Crippen molar-refractivity contribution in [2.75, 3.05) is 31.2 Å². The second-order valence-electron chi connectivity index (χ2n) is 3.55. The summed E-state index contributed by atoms with van der Waals surface area (Å²) in [6.07, 6.45) is 0.421. The van der Waals surface area contributed by atoms with E-state index >= 15 is 0 Å². The molecule has 0 spiro atoms. The minimum absolute atomic E-state index is 0.0291. The van der Waals surface area contributed by atoms with Gasteiger partial charge in [-0.1, -0.05) is 6.07 Å². The highest BCUT2D eigenvalue weighted by atomic mass is 16.5. The number of carbonyl (C=O) groups is 1. The number of benzene rings is 1. The maximum absolute atomic E-state index is 11.2. The summed E-state index contributed by atoms with van der Waals surface area (Å²) in [7, 11) is 1.57. The zero-order valence-electron chi connectivity index (χ0n) is 10.2. The fourth-order valence-corrected chi connectivity index (χ4v) is 1.47. The van der Waals surface area contributed by atoms with Crippen LogP contribution in [-0.2, 0) is 4.79 Å². The summed E-state index contributed by atoms with van der Waals surface area (Å²) < 4.78 is 5.11. The second kappa shape index (κ2) is 6.62. The van der Waals surface area contributed by atoms with E-state index in [4.69, 9.17) is 10.5 Å². The molecule has 94 valence electrons. The van der Waals surface area contributed by atoms with Gasteiger partial charge in [-0.15, -0.1) is 0 Å². The second-order valence-corrected chi connectivity index (χ2v) is 3.55. The van der Waals surface area contributed by atoms with E-state index in [1.165, 1.54) is 0 Å². The molecule has 1 aromatic rings. The Balaban J connectivity index is 2.49. The van der Waals surface area contributed by atoms with Crippen LogP contribution < -0.4 is 21.1 Å². The quantitative estimate of drug-likeness (QED) is 0.650. The van der Waals surface area contributed by atoms with Crippen LogP contribution in [0, 0.1) is 0 Å². The molecule has 0 unspecified atom stereocenters. The molecule has 0 heterocycles. The van der Waals surface area contributed by atoms with Gasteiger partial charge >= 0.3 is 0 Å². The van der Waals surface area contributed by atoms with Crippen molar-refractivity contribution in [2.24, 2.45) is 0 Å². The van der Waals surface area contributed by atoms with Crippen molar-refractivity contribution in [2.45, 2.75) is 13.3 Å². The largest absolute Gasteiger partial charge is 0.495 e. The average Bonchev–Trinajstić information content (AvgIpc) is 2.32. The third-order valence-corrected chi connectivity index (χ3v) is 2.33. The Morgan fingerprint density at radius 1 is 1.47 bits per heavy atom. The molecule has 0 aliphatic heterocycles. The standard InChI is InChI=1S/C12H19N3O2/c1-3-14-11(16)7-8-15-9-5-4-6-10(17-2)12(9)13/h4-6,15H,3,7-8,13H2,1-2H3,(H,14,16). The molecule has 0 radical (unpaired) electrons. The van der Waals surface area contributed by atoms with Crippen molar-refractivity contribution >= 4 is 17.3 Å². The Hall–Kier alpha value is -1.91. The summed E-state index contributed by atoms with van der Waals surface area (Å²) in [6.45, 7) is 3.09. The molecule has 0 saturated carbocycles. The molecule has 0 atom stereocenters. The van der Waals surface area contributed by atoms with E-state index in [0.717, 1.165) is 5.69 Å². The van der Waals surface area contributed by atoms with Crippen molar-refractivity contribution in [3.05, 3.63) is 18.2 Å². The number of nitrogens with two attached hydrogens (primary N) is 1. The topological polar surface area (TPSA) is 76.4 Å². The van der Waals surface area contributed by atoms with Crippen molar-refractivity contribution < 1.29 is 9.53 Å². The number of hydrogen-bond acceptors (Lipinski definition) is 4. The Kier molecular flexibility index (Phi) is 5.13. The van der Waals surface area contributed by atoms with Gasteiger partial charge in [-0.3, -0.25) is 4.79 Å². The molecule has 17 heavy (non-hydrogen) atoms. The molecule has 0 bridgehead atoms. The third kappa shape index (κ3) is 3.86. The lowest BCUT2D eigenvalue weighted by molar-refractivity contribution is -0.120.